The van der Waals surface area contributed by atoms with Gasteiger partial charge in [-0.1, -0.05) is 0 Å². The number of H-pyrrole nitrogens is 1. The number of nitrogens with one attached hydrogen (secondary N) is 2. The lowest BCUT2D eigenvalue weighted by atomic mass is 10.1. The molecule has 4 aromatic rings. The monoisotopic (exact) mass is 476 g/mol. The standard InChI is InChI=1S/C26H25FN4O4/c1-15-11-17-18(30-15)3-4-21(24(17)27)34-20-5-8-28-19-13-22(33-2)23(12-16(19)20)35-25(32)31-10-9-29-26(14-31)6-7-26/h3-5,8,11-13,29-30H,6-7,9-10,14H2,1-2H3. The summed E-state index contributed by atoms with van der Waals surface area (Å²) in [6.45, 7) is 3.81. The van der Waals surface area contributed by atoms with Gasteiger partial charge < -0.3 is 29.4 Å². The van der Waals surface area contributed by atoms with Gasteiger partial charge in [0.15, 0.2) is 23.1 Å². The van der Waals surface area contributed by atoms with Gasteiger partial charge in [-0.25, -0.2) is 9.18 Å². The predicted molar refractivity (Wildman–Crippen MR) is 129 cm³/mol. The number of pyridine rings is 1. The molecular weight excluding hydrogens is 451 g/mol. The second kappa shape index (κ2) is 8.13. The highest BCUT2D eigenvalue weighted by molar-refractivity contribution is 5.89. The van der Waals surface area contributed by atoms with Gasteiger partial charge in [-0.3, -0.25) is 4.98 Å². The molecule has 2 N–H and O–H groups in total. The minimum absolute atomic E-state index is 0.0405. The number of piperazine rings is 1. The lowest BCUT2D eigenvalue weighted by Crippen LogP contribution is -2.54. The Morgan fingerprint density at radius 1 is 1.09 bits per heavy atom. The average Bonchev–Trinajstić information content (AvgIpc) is 3.48. The number of aryl methyl sites for hydroxylation is 1. The van der Waals surface area contributed by atoms with Crippen LogP contribution in [-0.4, -0.2) is 53.2 Å². The first kappa shape index (κ1) is 21.7. The molecule has 3 heterocycles. The van der Waals surface area contributed by atoms with Gasteiger partial charge in [0.1, 0.15) is 5.75 Å². The number of hydrogen-bond acceptors (Lipinski definition) is 6. The quantitative estimate of drug-likeness (QED) is 0.436. The first-order chi connectivity index (χ1) is 16.9. The first-order valence-electron chi connectivity index (χ1n) is 11.6. The van der Waals surface area contributed by atoms with E-state index in [-0.39, 0.29) is 17.0 Å². The molecule has 180 valence electrons. The molecule has 9 heteroatoms. The molecule has 1 spiro atoms. The largest absolute Gasteiger partial charge is 0.493 e. The number of ether oxygens (including phenoxy) is 3. The third-order valence-electron chi connectivity index (χ3n) is 6.73. The summed E-state index contributed by atoms with van der Waals surface area (Å²) in [5, 5.41) is 4.51. The van der Waals surface area contributed by atoms with Crippen molar-refractivity contribution in [2.45, 2.75) is 25.3 Å². The minimum Gasteiger partial charge on any atom is -0.493 e. The second-order valence-electron chi connectivity index (χ2n) is 9.22. The van der Waals surface area contributed by atoms with Crippen LogP contribution in [0.1, 0.15) is 18.5 Å². The number of fused-ring (bicyclic) bond motifs is 2. The van der Waals surface area contributed by atoms with Crippen molar-refractivity contribution in [2.75, 3.05) is 26.7 Å². The van der Waals surface area contributed by atoms with Crippen molar-refractivity contribution in [2.24, 2.45) is 0 Å². The van der Waals surface area contributed by atoms with E-state index in [2.05, 4.69) is 15.3 Å². The molecule has 2 fully saturated rings. The number of methoxy groups -OCH3 is 1. The van der Waals surface area contributed by atoms with Crippen LogP contribution in [0.5, 0.6) is 23.0 Å². The van der Waals surface area contributed by atoms with Gasteiger partial charge >= 0.3 is 6.09 Å². The third kappa shape index (κ3) is 3.91. The number of benzene rings is 2. The van der Waals surface area contributed by atoms with Crippen LogP contribution in [0.25, 0.3) is 21.8 Å². The molecule has 1 amide bonds. The zero-order chi connectivity index (χ0) is 24.2. The fourth-order valence-corrected chi connectivity index (χ4v) is 4.70. The summed E-state index contributed by atoms with van der Waals surface area (Å²) in [6.07, 6.45) is 3.27. The van der Waals surface area contributed by atoms with Crippen LogP contribution in [0.2, 0.25) is 0 Å². The van der Waals surface area contributed by atoms with E-state index in [1.807, 2.05) is 6.92 Å². The number of amides is 1. The predicted octanol–water partition coefficient (Wildman–Crippen LogP) is 4.90. The van der Waals surface area contributed by atoms with Crippen LogP contribution < -0.4 is 19.5 Å². The van der Waals surface area contributed by atoms with Crippen LogP contribution >= 0.6 is 0 Å². The normalized spacial score (nSPS) is 16.6. The van der Waals surface area contributed by atoms with Gasteiger partial charge in [0, 0.05) is 59.4 Å². The number of nitrogens with zero attached hydrogens (tertiary/aromatic N) is 2. The van der Waals surface area contributed by atoms with Crippen molar-refractivity contribution in [1.82, 2.24) is 20.2 Å². The summed E-state index contributed by atoms with van der Waals surface area (Å²) in [5.41, 5.74) is 2.17. The second-order valence-corrected chi connectivity index (χ2v) is 9.22. The Labute approximate surface area is 201 Å². The molecule has 1 saturated heterocycles. The highest BCUT2D eigenvalue weighted by atomic mass is 19.1. The minimum atomic E-state index is -0.454. The fourth-order valence-electron chi connectivity index (χ4n) is 4.70. The number of hydrogen-bond donors (Lipinski definition) is 2. The molecule has 2 aliphatic rings. The Kier molecular flexibility index (Phi) is 5.03. The van der Waals surface area contributed by atoms with Crippen molar-refractivity contribution in [3.63, 3.8) is 0 Å². The molecule has 0 atom stereocenters. The summed E-state index contributed by atoms with van der Waals surface area (Å²) in [6, 6.07) is 10.1. The summed E-state index contributed by atoms with van der Waals surface area (Å²) in [7, 11) is 1.51. The van der Waals surface area contributed by atoms with Gasteiger partial charge in [-0.15, -0.1) is 0 Å². The molecule has 0 radical (unpaired) electrons. The summed E-state index contributed by atoms with van der Waals surface area (Å²) in [4.78, 5) is 22.2. The SMILES string of the molecule is COc1cc2nccc(Oc3ccc4[nH]c(C)cc4c3F)c2cc1OC(=O)N1CCNC2(CC2)C1. The van der Waals surface area contributed by atoms with E-state index in [0.717, 1.165) is 25.1 Å². The molecular formula is C26H25FN4O4. The van der Waals surface area contributed by atoms with Gasteiger partial charge in [0.2, 0.25) is 0 Å². The van der Waals surface area contributed by atoms with Gasteiger partial charge in [-0.05, 0) is 50.1 Å². The first-order valence-corrected chi connectivity index (χ1v) is 11.6. The molecule has 2 aromatic heterocycles. The van der Waals surface area contributed by atoms with Crippen molar-refractivity contribution in [3.8, 4) is 23.0 Å². The summed E-state index contributed by atoms with van der Waals surface area (Å²) < 4.78 is 32.4. The van der Waals surface area contributed by atoms with Crippen molar-refractivity contribution < 1.29 is 23.4 Å². The Balaban J connectivity index is 1.33. The van der Waals surface area contributed by atoms with Crippen molar-refractivity contribution in [1.29, 1.82) is 0 Å². The molecule has 1 aliphatic carbocycles. The lowest BCUT2D eigenvalue weighted by molar-refractivity contribution is 0.130. The molecule has 0 unspecified atom stereocenters. The smallest absolute Gasteiger partial charge is 0.415 e. The van der Waals surface area contributed by atoms with E-state index in [0.29, 0.717) is 46.4 Å². The van der Waals surface area contributed by atoms with E-state index in [9.17, 15) is 4.79 Å². The maximum Gasteiger partial charge on any atom is 0.415 e. The molecule has 1 aliphatic heterocycles. The molecule has 6 rings (SSSR count). The van der Waals surface area contributed by atoms with Gasteiger partial charge in [-0.2, -0.15) is 0 Å². The molecule has 2 aromatic carbocycles. The molecule has 1 saturated carbocycles. The fraction of sp³-hybridized carbons (Fsp3) is 0.308. The third-order valence-corrected chi connectivity index (χ3v) is 6.73. The average molecular weight is 477 g/mol. The number of aromatic amines is 1. The zero-order valence-corrected chi connectivity index (χ0v) is 19.5. The topological polar surface area (TPSA) is 88.7 Å². The van der Waals surface area contributed by atoms with Gasteiger partial charge in [0.25, 0.3) is 0 Å². The number of carbonyl (C=O) groups is 1. The molecule has 0 bridgehead atoms. The number of carbonyl (C=O) groups excluding carboxylic acids is 1. The van der Waals surface area contributed by atoms with E-state index >= 15 is 4.39 Å². The summed E-state index contributed by atoms with van der Waals surface area (Å²) >= 11 is 0. The van der Waals surface area contributed by atoms with Crippen molar-refractivity contribution >= 4 is 27.9 Å². The molecule has 8 nitrogen and oxygen atoms in total. The Morgan fingerprint density at radius 3 is 2.74 bits per heavy atom. The number of halogens is 1. The van der Waals surface area contributed by atoms with E-state index in [4.69, 9.17) is 14.2 Å². The van der Waals surface area contributed by atoms with Crippen LogP contribution in [0.4, 0.5) is 9.18 Å². The van der Waals surface area contributed by atoms with Gasteiger partial charge in [0.05, 0.1) is 12.6 Å². The highest BCUT2D eigenvalue weighted by Crippen LogP contribution is 2.40. The van der Waals surface area contributed by atoms with E-state index in [1.165, 1.54) is 7.11 Å². The summed E-state index contributed by atoms with van der Waals surface area (Å²) in [5.74, 6) is 0.656. The maximum absolute atomic E-state index is 15.2. The lowest BCUT2D eigenvalue weighted by Gasteiger charge is -2.33. The maximum atomic E-state index is 15.2. The van der Waals surface area contributed by atoms with E-state index in [1.54, 1.807) is 47.5 Å². The van der Waals surface area contributed by atoms with Crippen molar-refractivity contribution in [3.05, 3.63) is 54.1 Å². The Morgan fingerprint density at radius 2 is 1.94 bits per heavy atom. The Bertz CT molecular complexity index is 1460. The number of aromatic nitrogens is 2. The Hall–Kier alpha value is -3.85. The van der Waals surface area contributed by atoms with E-state index < -0.39 is 11.9 Å². The highest BCUT2D eigenvalue weighted by Gasteiger charge is 2.47. The number of rotatable bonds is 4. The molecule has 35 heavy (non-hydrogen) atoms. The van der Waals surface area contributed by atoms with Crippen LogP contribution in [0.15, 0.2) is 42.6 Å². The van der Waals surface area contributed by atoms with Crippen LogP contribution in [0, 0.1) is 12.7 Å². The zero-order valence-electron chi connectivity index (χ0n) is 19.5. The van der Waals surface area contributed by atoms with Crippen LogP contribution in [0.3, 0.4) is 0 Å². The van der Waals surface area contributed by atoms with Crippen LogP contribution in [-0.2, 0) is 0 Å².